The lowest BCUT2D eigenvalue weighted by molar-refractivity contribution is -0.143. The lowest BCUT2D eigenvalue weighted by atomic mass is 9.80. The highest BCUT2D eigenvalue weighted by Gasteiger charge is 2.41. The molecule has 1 heterocycles. The third kappa shape index (κ3) is 7.74. The summed E-state index contributed by atoms with van der Waals surface area (Å²) >= 11 is 1.48. The van der Waals surface area contributed by atoms with Gasteiger partial charge < -0.3 is 14.2 Å². The van der Waals surface area contributed by atoms with Crippen LogP contribution in [-0.4, -0.2) is 48.1 Å². The highest BCUT2D eigenvalue weighted by molar-refractivity contribution is 7.84. The molecule has 9 heteroatoms. The molecule has 1 N–H and O–H groups in total. The van der Waals surface area contributed by atoms with Gasteiger partial charge in [0, 0.05) is 26.6 Å². The number of methoxy groups -OCH3 is 2. The topological polar surface area (TPSA) is 90.9 Å². The number of ketones is 1. The van der Waals surface area contributed by atoms with Crippen molar-refractivity contribution >= 4 is 34.1 Å². The molecule has 182 valence electrons. The summed E-state index contributed by atoms with van der Waals surface area (Å²) in [5.41, 5.74) is 0.468. The Hall–Kier alpha value is -2.07. The molecular weight excluding hydrogens is 462 g/mol. The Morgan fingerprint density at radius 3 is 2.27 bits per heavy atom. The van der Waals surface area contributed by atoms with Crippen molar-refractivity contribution in [2.24, 2.45) is 0 Å². The lowest BCUT2D eigenvalue weighted by Gasteiger charge is -2.36. The number of nitrogens with one attached hydrogen (secondary N) is 1. The van der Waals surface area contributed by atoms with Gasteiger partial charge in [-0.05, 0) is 60.9 Å². The van der Waals surface area contributed by atoms with Crippen molar-refractivity contribution in [3.05, 3.63) is 52.2 Å². The highest BCUT2D eigenvalue weighted by Crippen LogP contribution is 2.37. The minimum atomic E-state index is -1.49. The van der Waals surface area contributed by atoms with E-state index in [0.29, 0.717) is 19.0 Å². The zero-order chi connectivity index (χ0) is 24.5. The summed E-state index contributed by atoms with van der Waals surface area (Å²) in [6.45, 7) is 6.72. The summed E-state index contributed by atoms with van der Waals surface area (Å²) in [5.74, 6) is -0.228. The molecule has 0 aliphatic rings. The molecule has 0 fully saturated rings. The van der Waals surface area contributed by atoms with E-state index >= 15 is 0 Å². The third-order valence-corrected chi connectivity index (χ3v) is 7.31. The number of carbonyl (C=O) groups excluding carboxylic acids is 2. The second kappa shape index (κ2) is 12.4. The maximum absolute atomic E-state index is 13.2. The molecule has 0 aliphatic carbocycles. The first-order chi connectivity index (χ1) is 15.6. The number of benzene rings is 1. The Morgan fingerprint density at radius 1 is 1.03 bits per heavy atom. The summed E-state index contributed by atoms with van der Waals surface area (Å²) in [4.78, 5) is 24.7. The Kier molecular flexibility index (Phi) is 10.2. The summed E-state index contributed by atoms with van der Waals surface area (Å²) < 4.78 is 31.4. The molecule has 2 aromatic rings. The summed E-state index contributed by atoms with van der Waals surface area (Å²) in [6.07, 6.45) is 0.354. The largest absolute Gasteiger partial charge is 0.494 e. The molecule has 0 radical (unpaired) electrons. The van der Waals surface area contributed by atoms with E-state index in [-0.39, 0.29) is 18.6 Å². The van der Waals surface area contributed by atoms with Crippen molar-refractivity contribution in [3.8, 4) is 5.75 Å². The van der Waals surface area contributed by atoms with Crippen LogP contribution in [0.2, 0.25) is 0 Å². The number of Topliss-reactive ketones (excluding diaryl/α,β-unsaturated/α-hetero) is 1. The minimum Gasteiger partial charge on any atom is -0.494 e. The van der Waals surface area contributed by atoms with Crippen LogP contribution >= 0.6 is 11.3 Å². The van der Waals surface area contributed by atoms with E-state index in [2.05, 4.69) is 9.46 Å². The van der Waals surface area contributed by atoms with Gasteiger partial charge in [0.1, 0.15) is 18.0 Å². The zero-order valence-electron chi connectivity index (χ0n) is 19.8. The molecule has 33 heavy (non-hydrogen) atoms. The van der Waals surface area contributed by atoms with Crippen LogP contribution in [0.3, 0.4) is 0 Å². The van der Waals surface area contributed by atoms with E-state index < -0.39 is 27.2 Å². The van der Waals surface area contributed by atoms with Crippen LogP contribution in [0.1, 0.15) is 51.2 Å². The normalized spacial score (nSPS) is 14.3. The molecule has 2 atom stereocenters. The van der Waals surface area contributed by atoms with Gasteiger partial charge in [-0.2, -0.15) is 11.3 Å². The third-order valence-electron chi connectivity index (χ3n) is 4.98. The van der Waals surface area contributed by atoms with Crippen molar-refractivity contribution in [1.29, 1.82) is 0 Å². The second-order valence-electron chi connectivity index (χ2n) is 8.59. The smallest absolute Gasteiger partial charge is 0.313 e. The highest BCUT2D eigenvalue weighted by atomic mass is 32.2. The van der Waals surface area contributed by atoms with Crippen molar-refractivity contribution in [1.82, 2.24) is 4.72 Å². The Bertz CT molecular complexity index is 921. The quantitative estimate of drug-likeness (QED) is 0.257. The number of carbonyl (C=O) groups is 2. The number of rotatable bonds is 13. The fourth-order valence-corrected chi connectivity index (χ4v) is 4.82. The van der Waals surface area contributed by atoms with E-state index in [1.165, 1.54) is 18.4 Å². The minimum absolute atomic E-state index is 0.0608. The fraction of sp³-hybridized carbons (Fsp3) is 0.500. The zero-order valence-corrected chi connectivity index (χ0v) is 21.5. The molecular formula is C24H33NO6S2. The van der Waals surface area contributed by atoms with Crippen molar-refractivity contribution in [2.75, 3.05) is 27.4 Å². The van der Waals surface area contributed by atoms with E-state index in [0.717, 1.165) is 17.5 Å². The van der Waals surface area contributed by atoms with Gasteiger partial charge in [-0.3, -0.25) is 9.59 Å². The average molecular weight is 496 g/mol. The molecule has 1 aromatic heterocycles. The molecule has 0 amide bonds. The lowest BCUT2D eigenvalue weighted by Crippen LogP contribution is -2.50. The van der Waals surface area contributed by atoms with Crippen LogP contribution in [0.25, 0.3) is 0 Å². The summed E-state index contributed by atoms with van der Waals surface area (Å²) in [5, 5.41) is 3.83. The Labute approximate surface area is 202 Å². The Morgan fingerprint density at radius 2 is 1.73 bits per heavy atom. The standard InChI is InChI=1S/C24H33NO6S2/c1-23(2,3)33(28)25-24(19-11-14-32-17-19,16-20(26)15-22(27)30-5)18-7-9-21(10-8-18)31-13-6-12-29-4/h7-11,14,17,25H,6,12-13,15-16H2,1-5H3. The first-order valence-electron chi connectivity index (χ1n) is 10.7. The van der Waals surface area contributed by atoms with Crippen LogP contribution in [0.5, 0.6) is 5.75 Å². The van der Waals surface area contributed by atoms with Gasteiger partial charge >= 0.3 is 5.97 Å². The molecule has 0 bridgehead atoms. The second-order valence-corrected chi connectivity index (χ2v) is 11.3. The van der Waals surface area contributed by atoms with Crippen LogP contribution in [-0.2, 0) is 35.6 Å². The van der Waals surface area contributed by atoms with Crippen LogP contribution < -0.4 is 9.46 Å². The van der Waals surface area contributed by atoms with E-state index in [1.807, 2.05) is 61.9 Å². The number of esters is 1. The average Bonchev–Trinajstić information content (AvgIpc) is 3.31. The van der Waals surface area contributed by atoms with Gasteiger partial charge in [-0.1, -0.05) is 12.1 Å². The van der Waals surface area contributed by atoms with Gasteiger partial charge in [0.15, 0.2) is 0 Å². The predicted octanol–water partition coefficient (Wildman–Crippen LogP) is 3.98. The van der Waals surface area contributed by atoms with Crippen molar-refractivity contribution in [2.45, 2.75) is 50.3 Å². The first kappa shape index (κ1) is 27.2. The molecule has 0 spiro atoms. The first-order valence-corrected chi connectivity index (χ1v) is 12.7. The summed E-state index contributed by atoms with van der Waals surface area (Å²) in [6, 6.07) is 9.28. The van der Waals surface area contributed by atoms with Crippen molar-refractivity contribution < 1.29 is 28.0 Å². The predicted molar refractivity (Wildman–Crippen MR) is 131 cm³/mol. The van der Waals surface area contributed by atoms with Gasteiger partial charge in [0.2, 0.25) is 0 Å². The molecule has 7 nitrogen and oxygen atoms in total. The fourth-order valence-electron chi connectivity index (χ4n) is 3.16. The molecule has 0 saturated heterocycles. The number of ether oxygens (including phenoxy) is 3. The maximum atomic E-state index is 13.2. The van der Waals surface area contributed by atoms with Crippen LogP contribution in [0.15, 0.2) is 41.1 Å². The molecule has 1 aromatic carbocycles. The molecule has 0 saturated carbocycles. The summed E-state index contributed by atoms with van der Waals surface area (Å²) in [7, 11) is 1.40. The Balaban J connectivity index is 2.46. The van der Waals surface area contributed by atoms with E-state index in [1.54, 1.807) is 7.11 Å². The number of hydrogen-bond donors (Lipinski definition) is 1. The molecule has 0 aliphatic heterocycles. The SMILES string of the molecule is COCCCOc1ccc(C(CC(=O)CC(=O)OC)(NS(=O)C(C)(C)C)c2ccsc2)cc1. The van der Waals surface area contributed by atoms with Crippen molar-refractivity contribution in [3.63, 3.8) is 0 Å². The van der Waals surface area contributed by atoms with Gasteiger partial charge in [0.05, 0.1) is 35.0 Å². The van der Waals surface area contributed by atoms with Crippen LogP contribution in [0, 0.1) is 0 Å². The maximum Gasteiger partial charge on any atom is 0.313 e. The number of hydrogen-bond acceptors (Lipinski definition) is 7. The van der Waals surface area contributed by atoms with E-state index in [4.69, 9.17) is 9.47 Å². The van der Waals surface area contributed by atoms with Crippen LogP contribution in [0.4, 0.5) is 0 Å². The molecule has 2 unspecified atom stereocenters. The molecule has 2 rings (SSSR count). The van der Waals surface area contributed by atoms with Gasteiger partial charge in [-0.25, -0.2) is 8.93 Å². The van der Waals surface area contributed by atoms with Gasteiger partial charge in [-0.15, -0.1) is 0 Å². The monoisotopic (exact) mass is 495 g/mol. The van der Waals surface area contributed by atoms with Gasteiger partial charge in [0.25, 0.3) is 0 Å². The van der Waals surface area contributed by atoms with E-state index in [9.17, 15) is 13.8 Å². The number of thiophene rings is 1.